The zero-order valence-corrected chi connectivity index (χ0v) is 17.6. The van der Waals surface area contributed by atoms with Crippen molar-refractivity contribution in [2.24, 2.45) is 0 Å². The Morgan fingerprint density at radius 2 is 1.96 bits per heavy atom. The Balaban J connectivity index is 1.84. The maximum absolute atomic E-state index is 12.5. The molecule has 0 radical (unpaired) electrons. The summed E-state index contributed by atoms with van der Waals surface area (Å²) in [4.78, 5) is 14.2. The van der Waals surface area contributed by atoms with Crippen molar-refractivity contribution in [1.82, 2.24) is 9.62 Å². The summed E-state index contributed by atoms with van der Waals surface area (Å²) in [6.45, 7) is 9.17. The second kappa shape index (κ2) is 9.55. The van der Waals surface area contributed by atoms with Crippen molar-refractivity contribution < 1.29 is 17.9 Å². The molecule has 0 unspecified atom stereocenters. The molecule has 1 aromatic carbocycles. The Morgan fingerprint density at radius 1 is 1.30 bits per heavy atom. The van der Waals surface area contributed by atoms with Crippen molar-refractivity contribution in [3.05, 3.63) is 29.3 Å². The summed E-state index contributed by atoms with van der Waals surface area (Å²) in [6.07, 6.45) is 1.87. The fourth-order valence-electron chi connectivity index (χ4n) is 3.19. The maximum Gasteiger partial charge on any atom is 0.260 e. The van der Waals surface area contributed by atoms with Gasteiger partial charge in [0.25, 0.3) is 5.91 Å². The van der Waals surface area contributed by atoms with Gasteiger partial charge >= 0.3 is 0 Å². The van der Waals surface area contributed by atoms with Gasteiger partial charge in [0.2, 0.25) is 10.0 Å². The molecule has 0 bridgehead atoms. The highest BCUT2D eigenvalue weighted by molar-refractivity contribution is 7.89. The largest absolute Gasteiger partial charge is 0.483 e. The highest BCUT2D eigenvalue weighted by Gasteiger charge is 2.25. The lowest BCUT2D eigenvalue weighted by molar-refractivity contribution is -0.134. The van der Waals surface area contributed by atoms with E-state index in [1.165, 1.54) is 5.56 Å². The van der Waals surface area contributed by atoms with Crippen molar-refractivity contribution in [2.45, 2.75) is 58.9 Å². The van der Waals surface area contributed by atoms with Crippen molar-refractivity contribution in [1.29, 1.82) is 0 Å². The summed E-state index contributed by atoms with van der Waals surface area (Å²) in [5.74, 6) is 1.24. The number of carbonyl (C=O) groups is 1. The monoisotopic (exact) mass is 396 g/mol. The van der Waals surface area contributed by atoms with Crippen LogP contribution in [0.5, 0.6) is 5.75 Å². The van der Waals surface area contributed by atoms with Crippen LogP contribution < -0.4 is 9.46 Å². The first-order valence-electron chi connectivity index (χ1n) is 9.73. The number of piperidine rings is 1. The summed E-state index contributed by atoms with van der Waals surface area (Å²) < 4.78 is 32.3. The number of rotatable bonds is 8. The van der Waals surface area contributed by atoms with Crippen molar-refractivity contribution in [3.63, 3.8) is 0 Å². The number of nitrogens with zero attached hydrogens (tertiary/aromatic N) is 1. The molecule has 1 heterocycles. The third-order valence-electron chi connectivity index (χ3n) is 4.90. The molecule has 1 amide bonds. The van der Waals surface area contributed by atoms with E-state index in [1.807, 2.05) is 26.0 Å². The van der Waals surface area contributed by atoms with Gasteiger partial charge in [0.1, 0.15) is 5.75 Å². The molecular formula is C20H32N2O4S. The maximum atomic E-state index is 12.5. The minimum atomic E-state index is -3.21. The highest BCUT2D eigenvalue weighted by Crippen LogP contribution is 2.24. The number of likely N-dealkylation sites (tertiary alicyclic amines) is 1. The number of hydrogen-bond acceptors (Lipinski definition) is 4. The number of ether oxygens (including phenoxy) is 1. The zero-order valence-electron chi connectivity index (χ0n) is 16.8. The third kappa shape index (κ3) is 6.50. The van der Waals surface area contributed by atoms with Crippen LogP contribution in [0.15, 0.2) is 18.2 Å². The van der Waals surface area contributed by atoms with Gasteiger partial charge in [-0.3, -0.25) is 4.79 Å². The van der Waals surface area contributed by atoms with E-state index in [4.69, 9.17) is 4.74 Å². The van der Waals surface area contributed by atoms with Crippen LogP contribution in [0.1, 0.15) is 57.1 Å². The molecule has 1 aliphatic heterocycles. The van der Waals surface area contributed by atoms with Crippen LogP contribution in [0, 0.1) is 6.92 Å². The molecule has 27 heavy (non-hydrogen) atoms. The third-order valence-corrected chi connectivity index (χ3v) is 6.53. The van der Waals surface area contributed by atoms with Gasteiger partial charge in [0.15, 0.2) is 6.61 Å². The number of amides is 1. The standard InChI is InChI=1S/C20H32N2O4S/c1-5-12-27(24,25)21-18-8-10-22(11-9-18)20(23)14-26-19-13-17(15(2)3)7-6-16(19)4/h6-7,13,15,18,21H,5,8-12,14H2,1-4H3. The molecule has 0 aliphatic carbocycles. The number of carbonyl (C=O) groups excluding carboxylic acids is 1. The smallest absolute Gasteiger partial charge is 0.260 e. The van der Waals surface area contributed by atoms with E-state index >= 15 is 0 Å². The molecule has 0 spiro atoms. The molecule has 2 rings (SSSR count). The van der Waals surface area contributed by atoms with E-state index in [-0.39, 0.29) is 24.3 Å². The predicted molar refractivity (Wildman–Crippen MR) is 108 cm³/mol. The Kier molecular flexibility index (Phi) is 7.68. The molecule has 1 N–H and O–H groups in total. The Bertz CT molecular complexity index is 738. The second-order valence-electron chi connectivity index (χ2n) is 7.56. The Hall–Kier alpha value is -1.60. The average molecular weight is 397 g/mol. The highest BCUT2D eigenvalue weighted by atomic mass is 32.2. The van der Waals surface area contributed by atoms with Crippen LogP contribution in [0.2, 0.25) is 0 Å². The lowest BCUT2D eigenvalue weighted by atomic mass is 10.0. The van der Waals surface area contributed by atoms with Crippen LogP contribution >= 0.6 is 0 Å². The van der Waals surface area contributed by atoms with Crippen LogP contribution in [0.4, 0.5) is 0 Å². The Morgan fingerprint density at radius 3 is 2.56 bits per heavy atom. The summed E-state index contributed by atoms with van der Waals surface area (Å²) in [5, 5.41) is 0. The SMILES string of the molecule is CCCS(=O)(=O)NC1CCN(C(=O)COc2cc(C(C)C)ccc2C)CC1. The van der Waals surface area contributed by atoms with E-state index in [2.05, 4.69) is 24.6 Å². The number of benzene rings is 1. The normalized spacial score (nSPS) is 16.0. The molecule has 0 saturated carbocycles. The first kappa shape index (κ1) is 21.7. The molecule has 6 nitrogen and oxygen atoms in total. The van der Waals surface area contributed by atoms with Gasteiger partial charge in [-0.25, -0.2) is 13.1 Å². The quantitative estimate of drug-likeness (QED) is 0.733. The van der Waals surface area contributed by atoms with Gasteiger partial charge in [-0.1, -0.05) is 32.9 Å². The average Bonchev–Trinajstić information content (AvgIpc) is 2.60. The lowest BCUT2D eigenvalue weighted by Crippen LogP contribution is -2.48. The number of aryl methyl sites for hydroxylation is 1. The van der Waals surface area contributed by atoms with Crippen molar-refractivity contribution >= 4 is 15.9 Å². The van der Waals surface area contributed by atoms with Crippen LogP contribution in [-0.2, 0) is 14.8 Å². The van der Waals surface area contributed by atoms with Crippen LogP contribution in [-0.4, -0.2) is 50.7 Å². The molecule has 1 aromatic rings. The van der Waals surface area contributed by atoms with E-state index in [0.717, 1.165) is 11.3 Å². The fraction of sp³-hybridized carbons (Fsp3) is 0.650. The topological polar surface area (TPSA) is 75.7 Å². The molecule has 0 aromatic heterocycles. The Labute approximate surface area is 163 Å². The van der Waals surface area contributed by atoms with Gasteiger partial charge < -0.3 is 9.64 Å². The van der Waals surface area contributed by atoms with Crippen molar-refractivity contribution in [2.75, 3.05) is 25.4 Å². The molecule has 0 atom stereocenters. The van der Waals surface area contributed by atoms with Crippen LogP contribution in [0.25, 0.3) is 0 Å². The second-order valence-corrected chi connectivity index (χ2v) is 9.43. The summed E-state index contributed by atoms with van der Waals surface area (Å²) >= 11 is 0. The van der Waals surface area contributed by atoms with Gasteiger partial charge in [-0.15, -0.1) is 0 Å². The fourth-order valence-corrected chi connectivity index (χ4v) is 4.59. The van der Waals surface area contributed by atoms with Gasteiger partial charge in [-0.05, 0) is 49.3 Å². The first-order valence-corrected chi connectivity index (χ1v) is 11.4. The summed E-state index contributed by atoms with van der Waals surface area (Å²) in [6, 6.07) is 6.01. The lowest BCUT2D eigenvalue weighted by Gasteiger charge is -2.32. The van der Waals surface area contributed by atoms with Gasteiger partial charge in [-0.2, -0.15) is 0 Å². The molecular weight excluding hydrogens is 364 g/mol. The van der Waals surface area contributed by atoms with Crippen LogP contribution in [0.3, 0.4) is 0 Å². The molecule has 1 aliphatic rings. The number of sulfonamides is 1. The minimum Gasteiger partial charge on any atom is -0.483 e. The minimum absolute atomic E-state index is 0.00855. The number of hydrogen-bond donors (Lipinski definition) is 1. The molecule has 152 valence electrons. The van der Waals surface area contributed by atoms with Crippen molar-refractivity contribution in [3.8, 4) is 5.75 Å². The van der Waals surface area contributed by atoms with Gasteiger partial charge in [0.05, 0.1) is 5.75 Å². The zero-order chi connectivity index (χ0) is 20.0. The molecule has 1 saturated heterocycles. The molecule has 1 fully saturated rings. The summed E-state index contributed by atoms with van der Waals surface area (Å²) in [7, 11) is -3.21. The van der Waals surface area contributed by atoms with Gasteiger partial charge in [0, 0.05) is 19.1 Å². The van der Waals surface area contributed by atoms with E-state index < -0.39 is 10.0 Å². The first-order chi connectivity index (χ1) is 12.7. The molecule has 7 heteroatoms. The predicted octanol–water partition coefficient (Wildman–Crippen LogP) is 2.82. The van der Waals surface area contributed by atoms with E-state index in [1.54, 1.807) is 4.90 Å². The number of nitrogens with one attached hydrogen (secondary N) is 1. The van der Waals surface area contributed by atoms with E-state index in [0.29, 0.717) is 38.3 Å². The van der Waals surface area contributed by atoms with E-state index in [9.17, 15) is 13.2 Å². The summed E-state index contributed by atoms with van der Waals surface area (Å²) in [5.41, 5.74) is 2.19.